The molecule has 0 radical (unpaired) electrons. The Kier molecular flexibility index (Phi) is 6.27. The van der Waals surface area contributed by atoms with Crippen molar-refractivity contribution in [1.82, 2.24) is 15.5 Å². The van der Waals surface area contributed by atoms with Crippen LogP contribution in [0.1, 0.15) is 31.0 Å². The van der Waals surface area contributed by atoms with Crippen LogP contribution in [-0.2, 0) is 15.1 Å². The van der Waals surface area contributed by atoms with Gasteiger partial charge in [0.15, 0.2) is 11.5 Å². The molecular formula is C23H23F2N3O6. The molecule has 1 fully saturated rings. The molecule has 34 heavy (non-hydrogen) atoms. The summed E-state index contributed by atoms with van der Waals surface area (Å²) in [6.07, 6.45) is 0. The van der Waals surface area contributed by atoms with Crippen molar-refractivity contribution in [2.45, 2.75) is 32.0 Å². The number of hydrogen-bond acceptors (Lipinski definition) is 6. The van der Waals surface area contributed by atoms with Crippen molar-refractivity contribution >= 4 is 17.8 Å². The van der Waals surface area contributed by atoms with Gasteiger partial charge in [-0.1, -0.05) is 18.2 Å². The number of fused-ring (bicyclic) bond motifs is 1. The molecule has 2 aromatic carbocycles. The van der Waals surface area contributed by atoms with Gasteiger partial charge in [-0.2, -0.15) is 8.78 Å². The highest BCUT2D eigenvalue weighted by Crippen LogP contribution is 2.33. The van der Waals surface area contributed by atoms with E-state index in [1.807, 2.05) is 0 Å². The normalized spacial score (nSPS) is 20.2. The van der Waals surface area contributed by atoms with E-state index in [2.05, 4.69) is 15.4 Å². The third-order valence-corrected chi connectivity index (χ3v) is 5.68. The van der Waals surface area contributed by atoms with Crippen LogP contribution >= 0.6 is 0 Å². The van der Waals surface area contributed by atoms with E-state index in [9.17, 15) is 23.2 Å². The minimum Gasteiger partial charge on any atom is -0.486 e. The van der Waals surface area contributed by atoms with E-state index >= 15 is 0 Å². The van der Waals surface area contributed by atoms with Gasteiger partial charge in [-0.3, -0.25) is 14.5 Å². The number of ether oxygens (including phenoxy) is 3. The van der Waals surface area contributed by atoms with Gasteiger partial charge in [-0.15, -0.1) is 0 Å². The standard InChI is InChI=1S/C23H23F2N3O6/c1-13(14-3-8-17-18(11-14)33-10-9-32-17)26-19(29)12-28-20(30)23(2,27-22(28)31)15-4-6-16(7-5-15)34-21(24)25/h3-8,11,13,21H,9-10,12H2,1-2H3,(H,26,29)(H,27,31)/t13-,23-/m0/s1. The van der Waals surface area contributed by atoms with Crippen molar-refractivity contribution in [3.63, 3.8) is 0 Å². The molecule has 2 atom stereocenters. The van der Waals surface area contributed by atoms with Crippen molar-refractivity contribution in [3.05, 3.63) is 53.6 Å². The molecule has 0 bridgehead atoms. The summed E-state index contributed by atoms with van der Waals surface area (Å²) < 4.78 is 40.1. The van der Waals surface area contributed by atoms with Gasteiger partial charge >= 0.3 is 12.6 Å². The summed E-state index contributed by atoms with van der Waals surface area (Å²) >= 11 is 0. The number of halogens is 2. The molecule has 2 aliphatic heterocycles. The molecular weight excluding hydrogens is 452 g/mol. The van der Waals surface area contributed by atoms with E-state index in [1.54, 1.807) is 25.1 Å². The number of urea groups is 1. The van der Waals surface area contributed by atoms with Crippen LogP contribution < -0.4 is 24.8 Å². The van der Waals surface area contributed by atoms with E-state index in [-0.39, 0.29) is 5.75 Å². The molecule has 0 spiro atoms. The van der Waals surface area contributed by atoms with Crippen molar-refractivity contribution in [2.75, 3.05) is 19.8 Å². The summed E-state index contributed by atoms with van der Waals surface area (Å²) in [5, 5.41) is 5.34. The highest BCUT2D eigenvalue weighted by molar-refractivity contribution is 6.09. The van der Waals surface area contributed by atoms with Crippen LogP contribution in [0.15, 0.2) is 42.5 Å². The van der Waals surface area contributed by atoms with Gasteiger partial charge in [0.25, 0.3) is 5.91 Å². The second-order valence-corrected chi connectivity index (χ2v) is 8.04. The maximum atomic E-state index is 13.0. The number of benzene rings is 2. The first-order valence-corrected chi connectivity index (χ1v) is 10.6. The second kappa shape index (κ2) is 9.16. The lowest BCUT2D eigenvalue weighted by molar-refractivity contribution is -0.135. The maximum absolute atomic E-state index is 13.0. The van der Waals surface area contributed by atoms with Crippen LogP contribution in [0.3, 0.4) is 0 Å². The second-order valence-electron chi connectivity index (χ2n) is 8.04. The van der Waals surface area contributed by atoms with Crippen molar-refractivity contribution in [3.8, 4) is 17.2 Å². The van der Waals surface area contributed by atoms with Crippen LogP contribution in [0.25, 0.3) is 0 Å². The summed E-state index contributed by atoms with van der Waals surface area (Å²) in [6, 6.07) is 9.53. The summed E-state index contributed by atoms with van der Waals surface area (Å²) in [4.78, 5) is 39.0. The van der Waals surface area contributed by atoms with Gasteiger partial charge in [0, 0.05) is 0 Å². The van der Waals surface area contributed by atoms with Crippen molar-refractivity contribution < 1.29 is 37.4 Å². The van der Waals surface area contributed by atoms with Crippen LogP contribution in [0.4, 0.5) is 13.6 Å². The summed E-state index contributed by atoms with van der Waals surface area (Å²) in [7, 11) is 0. The molecule has 2 N–H and O–H groups in total. The number of rotatable bonds is 7. The Morgan fingerprint density at radius 1 is 1.15 bits per heavy atom. The lowest BCUT2D eigenvalue weighted by Gasteiger charge is -2.23. The average Bonchev–Trinajstić information content (AvgIpc) is 3.02. The van der Waals surface area contributed by atoms with Gasteiger partial charge in [-0.05, 0) is 49.2 Å². The van der Waals surface area contributed by atoms with Gasteiger partial charge in [0.05, 0.1) is 6.04 Å². The van der Waals surface area contributed by atoms with E-state index in [4.69, 9.17) is 9.47 Å². The zero-order chi connectivity index (χ0) is 24.5. The molecule has 0 aliphatic carbocycles. The van der Waals surface area contributed by atoms with Crippen LogP contribution in [0, 0.1) is 0 Å². The minimum atomic E-state index is -2.98. The molecule has 180 valence electrons. The lowest BCUT2D eigenvalue weighted by Crippen LogP contribution is -2.43. The monoisotopic (exact) mass is 475 g/mol. The Labute approximate surface area is 194 Å². The zero-order valence-electron chi connectivity index (χ0n) is 18.5. The number of carbonyl (C=O) groups is 3. The summed E-state index contributed by atoms with van der Waals surface area (Å²) in [5.41, 5.74) is -0.326. The Bertz CT molecular complexity index is 1110. The Hall–Kier alpha value is -3.89. The number of nitrogens with one attached hydrogen (secondary N) is 2. The maximum Gasteiger partial charge on any atom is 0.387 e. The van der Waals surface area contributed by atoms with Gasteiger partial charge in [0.1, 0.15) is 31.0 Å². The van der Waals surface area contributed by atoms with Crippen molar-refractivity contribution in [2.24, 2.45) is 0 Å². The third kappa shape index (κ3) is 4.59. The molecule has 11 heteroatoms. The first-order valence-electron chi connectivity index (χ1n) is 10.6. The SMILES string of the molecule is C[C@H](NC(=O)CN1C(=O)N[C@@](C)(c2ccc(OC(F)F)cc2)C1=O)c1ccc2c(c1)OCCO2. The first-order chi connectivity index (χ1) is 16.2. The number of alkyl halides is 2. The fraction of sp³-hybridized carbons (Fsp3) is 0.348. The van der Waals surface area contributed by atoms with E-state index in [1.165, 1.54) is 31.2 Å². The van der Waals surface area contributed by atoms with Gasteiger partial charge < -0.3 is 24.8 Å². The van der Waals surface area contributed by atoms with Crippen LogP contribution in [0.5, 0.6) is 17.2 Å². The fourth-order valence-corrected chi connectivity index (χ4v) is 3.85. The number of amides is 4. The molecule has 2 aliphatic rings. The molecule has 0 aromatic heterocycles. The molecule has 0 unspecified atom stereocenters. The quantitative estimate of drug-likeness (QED) is 0.597. The number of carbonyl (C=O) groups excluding carboxylic acids is 3. The van der Waals surface area contributed by atoms with Crippen LogP contribution in [0.2, 0.25) is 0 Å². The Morgan fingerprint density at radius 2 is 1.82 bits per heavy atom. The number of imide groups is 1. The Morgan fingerprint density at radius 3 is 2.50 bits per heavy atom. The molecule has 2 heterocycles. The third-order valence-electron chi connectivity index (χ3n) is 5.68. The molecule has 2 aromatic rings. The van der Waals surface area contributed by atoms with E-state index in [0.717, 1.165) is 10.5 Å². The van der Waals surface area contributed by atoms with Gasteiger partial charge in [-0.25, -0.2) is 4.79 Å². The smallest absolute Gasteiger partial charge is 0.387 e. The number of hydrogen-bond donors (Lipinski definition) is 2. The molecule has 0 saturated carbocycles. The molecule has 4 amide bonds. The molecule has 9 nitrogen and oxygen atoms in total. The van der Waals surface area contributed by atoms with E-state index < -0.39 is 42.6 Å². The topological polar surface area (TPSA) is 106 Å². The van der Waals surface area contributed by atoms with E-state index in [0.29, 0.717) is 30.3 Å². The predicted octanol–water partition coefficient (Wildman–Crippen LogP) is 2.70. The molecule has 4 rings (SSSR count). The largest absolute Gasteiger partial charge is 0.486 e. The van der Waals surface area contributed by atoms with Crippen LogP contribution in [-0.4, -0.2) is 49.1 Å². The summed E-state index contributed by atoms with van der Waals surface area (Å²) in [5.74, 6) is -0.0397. The predicted molar refractivity (Wildman–Crippen MR) is 115 cm³/mol. The minimum absolute atomic E-state index is 0.0801. The summed E-state index contributed by atoms with van der Waals surface area (Å²) in [6.45, 7) is 0.685. The first kappa shape index (κ1) is 23.3. The highest BCUT2D eigenvalue weighted by Gasteiger charge is 2.49. The highest BCUT2D eigenvalue weighted by atomic mass is 19.3. The zero-order valence-corrected chi connectivity index (χ0v) is 18.5. The lowest BCUT2D eigenvalue weighted by atomic mass is 9.92. The number of nitrogens with zero attached hydrogens (tertiary/aromatic N) is 1. The molecule has 1 saturated heterocycles. The average molecular weight is 475 g/mol. The van der Waals surface area contributed by atoms with Crippen molar-refractivity contribution in [1.29, 1.82) is 0 Å². The van der Waals surface area contributed by atoms with Gasteiger partial charge in [0.2, 0.25) is 5.91 Å². The Balaban J connectivity index is 1.41. The fourth-order valence-electron chi connectivity index (χ4n) is 3.85.